The number of hydrogen-bond acceptors (Lipinski definition) is 4. The first kappa shape index (κ1) is 7.25. The smallest absolute Gasteiger partial charge is 0.335 e. The predicted molar refractivity (Wildman–Crippen MR) is 29.2 cm³/mol. The Labute approximate surface area is 51.1 Å². The second-order valence-electron chi connectivity index (χ2n) is 1.01. The average molecular weight is 135 g/mol. The molecule has 5 nitrogen and oxygen atoms in total. The fourth-order valence-corrected chi connectivity index (χ4v) is 0.211. The highest BCUT2D eigenvalue weighted by Gasteiger charge is 2.10. The fraction of sp³-hybridized carbons (Fsp3) is 0. The Morgan fingerprint density at radius 3 is 1.88 bits per heavy atom. The van der Waals surface area contributed by atoms with Crippen molar-refractivity contribution in [3.05, 3.63) is 0 Å². The minimum Gasteiger partial charge on any atom is -0.361 e. The summed E-state index contributed by atoms with van der Waals surface area (Å²) in [5, 5.41) is 0. The van der Waals surface area contributed by atoms with Crippen LogP contribution in [0.15, 0.2) is 0 Å². The maximum atomic E-state index is 10.1. The van der Waals surface area contributed by atoms with Crippen molar-refractivity contribution in [1.29, 1.82) is 0 Å². The predicted octanol–water partition coefficient (Wildman–Crippen LogP) is -1.98. The molecule has 0 aliphatic rings. The van der Waals surface area contributed by atoms with Gasteiger partial charge in [0.05, 0.1) is 0 Å². The first-order chi connectivity index (χ1) is 3.55. The molecule has 0 bridgehead atoms. The van der Waals surface area contributed by atoms with E-state index in [-0.39, 0.29) is 0 Å². The van der Waals surface area contributed by atoms with Crippen molar-refractivity contribution < 1.29 is 9.59 Å². The second kappa shape index (κ2) is 2.53. The van der Waals surface area contributed by atoms with E-state index in [4.69, 9.17) is 0 Å². The van der Waals surface area contributed by atoms with Crippen LogP contribution in [0.3, 0.4) is 0 Å². The molecule has 0 fully saturated rings. The fourth-order valence-electron chi connectivity index (χ4n) is 0.113. The Morgan fingerprint density at radius 2 is 1.88 bits per heavy atom. The molecule has 0 atom stereocenters. The molecule has 8 heavy (non-hydrogen) atoms. The van der Waals surface area contributed by atoms with E-state index in [1.54, 1.807) is 0 Å². The molecular formula is C2H5N3O2S. The Morgan fingerprint density at radius 1 is 1.50 bits per heavy atom. The number of rotatable bonds is 0. The Hall–Kier alpha value is -0.750. The molecule has 4 N–H and O–H groups in total. The van der Waals surface area contributed by atoms with Crippen LogP contribution in [0.1, 0.15) is 0 Å². The largest absolute Gasteiger partial charge is 0.361 e. The van der Waals surface area contributed by atoms with Crippen LogP contribution in [-0.2, 0) is 9.59 Å². The lowest BCUT2D eigenvalue weighted by atomic mass is 10.6. The summed E-state index contributed by atoms with van der Waals surface area (Å²) in [4.78, 5) is 19.9. The lowest BCUT2D eigenvalue weighted by molar-refractivity contribution is -0.140. The van der Waals surface area contributed by atoms with Gasteiger partial charge in [-0.05, 0) is 12.8 Å². The third-order valence-electron chi connectivity index (χ3n) is 0.419. The maximum Gasteiger partial charge on any atom is 0.335 e. The Bertz CT molecular complexity index is 122. The number of nitrogens with two attached hydrogens (primary N) is 2. The zero-order valence-electron chi connectivity index (χ0n) is 3.87. The summed E-state index contributed by atoms with van der Waals surface area (Å²) in [6.07, 6.45) is 0. The van der Waals surface area contributed by atoms with E-state index >= 15 is 0 Å². The van der Waals surface area contributed by atoms with Gasteiger partial charge < -0.3 is 5.73 Å². The van der Waals surface area contributed by atoms with Crippen LogP contribution in [0.2, 0.25) is 0 Å². The monoisotopic (exact) mass is 135 g/mol. The van der Waals surface area contributed by atoms with E-state index in [1.807, 2.05) is 0 Å². The zero-order valence-corrected chi connectivity index (χ0v) is 4.76. The summed E-state index contributed by atoms with van der Waals surface area (Å²) >= 11 is 3.29. The number of carbonyl (C=O) groups excluding carboxylic acids is 2. The van der Waals surface area contributed by atoms with Crippen molar-refractivity contribution in [2.45, 2.75) is 0 Å². The van der Waals surface area contributed by atoms with Gasteiger partial charge in [-0.15, -0.1) is 0 Å². The van der Waals surface area contributed by atoms with Crippen molar-refractivity contribution in [2.24, 2.45) is 11.6 Å². The molecule has 0 aromatic heterocycles. The number of hydrogen-bond donors (Lipinski definition) is 3. The van der Waals surface area contributed by atoms with Gasteiger partial charge in [-0.1, -0.05) is 0 Å². The van der Waals surface area contributed by atoms with Crippen LogP contribution in [0.4, 0.5) is 0 Å². The molecule has 0 spiro atoms. The summed E-state index contributed by atoms with van der Waals surface area (Å²) in [5.74, 6) is 2.53. The topological polar surface area (TPSA) is 89.4 Å². The zero-order chi connectivity index (χ0) is 6.73. The van der Waals surface area contributed by atoms with E-state index in [0.29, 0.717) is 4.41 Å². The highest BCUT2D eigenvalue weighted by atomic mass is 32.1. The molecule has 0 aliphatic heterocycles. The van der Waals surface area contributed by atoms with Crippen molar-refractivity contribution in [3.63, 3.8) is 0 Å². The minimum absolute atomic E-state index is 0.322. The van der Waals surface area contributed by atoms with Gasteiger partial charge in [0, 0.05) is 0 Å². The number of thiol groups is 1. The van der Waals surface area contributed by atoms with Gasteiger partial charge in [0.15, 0.2) is 0 Å². The van der Waals surface area contributed by atoms with Gasteiger partial charge in [0.25, 0.3) is 0 Å². The maximum absolute atomic E-state index is 10.1. The van der Waals surface area contributed by atoms with Gasteiger partial charge in [0.2, 0.25) is 0 Å². The van der Waals surface area contributed by atoms with Crippen LogP contribution in [0.5, 0.6) is 0 Å². The minimum atomic E-state index is -1.12. The molecule has 0 aromatic carbocycles. The normalized spacial score (nSPS) is 8.25. The van der Waals surface area contributed by atoms with Crippen LogP contribution >= 0.6 is 12.8 Å². The van der Waals surface area contributed by atoms with Gasteiger partial charge >= 0.3 is 11.8 Å². The van der Waals surface area contributed by atoms with Crippen molar-refractivity contribution >= 4 is 24.6 Å². The Balaban J connectivity index is 3.84. The van der Waals surface area contributed by atoms with E-state index in [1.165, 1.54) is 0 Å². The third kappa shape index (κ3) is 1.80. The summed E-state index contributed by atoms with van der Waals surface area (Å²) in [5.41, 5.74) is 4.48. The molecule has 0 rings (SSSR count). The number of hydrazine groups is 1. The summed E-state index contributed by atoms with van der Waals surface area (Å²) in [7, 11) is 0. The third-order valence-corrected chi connectivity index (χ3v) is 0.601. The molecule has 2 amide bonds. The van der Waals surface area contributed by atoms with Crippen molar-refractivity contribution in [2.75, 3.05) is 0 Å². The van der Waals surface area contributed by atoms with E-state index in [9.17, 15) is 9.59 Å². The van der Waals surface area contributed by atoms with Gasteiger partial charge in [-0.2, -0.15) is 0 Å². The molecule has 46 valence electrons. The van der Waals surface area contributed by atoms with Gasteiger partial charge in [-0.25, -0.2) is 10.3 Å². The summed E-state index contributed by atoms with van der Waals surface area (Å²) in [6.45, 7) is 0. The average Bonchev–Trinajstić information content (AvgIpc) is 1.64. The highest BCUT2D eigenvalue weighted by Crippen LogP contribution is 1.80. The summed E-state index contributed by atoms with van der Waals surface area (Å²) in [6, 6.07) is 0. The van der Waals surface area contributed by atoms with E-state index in [2.05, 4.69) is 24.4 Å². The number of nitrogens with zero attached hydrogens (tertiary/aromatic N) is 1. The number of amides is 2. The van der Waals surface area contributed by atoms with Crippen LogP contribution < -0.4 is 11.6 Å². The lowest BCUT2D eigenvalue weighted by Crippen LogP contribution is -2.38. The standard InChI is InChI=1S/C2H5N3O2S/c3-1(6)2(7)5(4)8/h8H,4H2,(H2,3,6). The SMILES string of the molecule is NC(=O)C(=O)N(N)S. The molecular weight excluding hydrogens is 130 g/mol. The molecule has 6 heteroatoms. The van der Waals surface area contributed by atoms with Gasteiger partial charge in [0.1, 0.15) is 0 Å². The quantitative estimate of drug-likeness (QED) is 0.118. The molecule has 0 saturated heterocycles. The van der Waals surface area contributed by atoms with Crippen LogP contribution in [0, 0.1) is 0 Å². The molecule has 0 unspecified atom stereocenters. The van der Waals surface area contributed by atoms with Gasteiger partial charge in [-0.3, -0.25) is 9.59 Å². The molecule has 0 aliphatic carbocycles. The van der Waals surface area contributed by atoms with Crippen LogP contribution in [-0.4, -0.2) is 16.2 Å². The lowest BCUT2D eigenvalue weighted by Gasteiger charge is -2.01. The molecule has 0 radical (unpaired) electrons. The highest BCUT2D eigenvalue weighted by molar-refractivity contribution is 7.78. The number of primary amides is 1. The first-order valence-electron chi connectivity index (χ1n) is 1.63. The Kier molecular flexibility index (Phi) is 2.29. The second-order valence-corrected chi connectivity index (χ2v) is 1.44. The molecule has 0 saturated carbocycles. The number of carbonyl (C=O) groups is 2. The molecule has 0 heterocycles. The first-order valence-corrected chi connectivity index (χ1v) is 2.03. The molecule has 0 aromatic rings. The van der Waals surface area contributed by atoms with Crippen LogP contribution in [0.25, 0.3) is 0 Å². The van der Waals surface area contributed by atoms with Crippen molar-refractivity contribution in [3.8, 4) is 0 Å². The van der Waals surface area contributed by atoms with E-state index < -0.39 is 11.8 Å². The summed E-state index contributed by atoms with van der Waals surface area (Å²) < 4.78 is 0.322. The van der Waals surface area contributed by atoms with Crippen molar-refractivity contribution in [1.82, 2.24) is 4.41 Å². The van der Waals surface area contributed by atoms with E-state index in [0.717, 1.165) is 0 Å².